The number of rotatable bonds is 4. The summed E-state index contributed by atoms with van der Waals surface area (Å²) in [5, 5.41) is 3.26. The summed E-state index contributed by atoms with van der Waals surface area (Å²) in [6.45, 7) is 5.31. The summed E-state index contributed by atoms with van der Waals surface area (Å²) in [7, 11) is -3.04. The molecular formula is C12H19N3O2S. The molecule has 5 nitrogen and oxygen atoms in total. The fraction of sp³-hybridized carbons (Fsp3) is 0.583. The zero-order valence-electron chi connectivity index (χ0n) is 10.9. The van der Waals surface area contributed by atoms with Crippen LogP contribution in [0.3, 0.4) is 0 Å². The van der Waals surface area contributed by atoms with E-state index in [0.717, 1.165) is 5.82 Å². The van der Waals surface area contributed by atoms with Crippen LogP contribution in [0.25, 0.3) is 0 Å². The maximum absolute atomic E-state index is 11.2. The van der Waals surface area contributed by atoms with Gasteiger partial charge in [-0.15, -0.1) is 0 Å². The fourth-order valence-electron chi connectivity index (χ4n) is 1.89. The SMILES string of the molecule is CC(C)c1ccnc(NC2CN(S(C)(=O)=O)C2)c1. The molecule has 2 heterocycles. The van der Waals surface area contributed by atoms with Crippen LogP contribution in [0.1, 0.15) is 25.3 Å². The first kappa shape index (κ1) is 13.3. The first-order valence-electron chi connectivity index (χ1n) is 6.04. The highest BCUT2D eigenvalue weighted by Gasteiger charge is 2.33. The number of anilines is 1. The maximum atomic E-state index is 11.2. The highest BCUT2D eigenvalue weighted by Crippen LogP contribution is 2.20. The molecule has 1 aliphatic rings. The molecule has 0 spiro atoms. The minimum absolute atomic E-state index is 0.162. The summed E-state index contributed by atoms with van der Waals surface area (Å²) < 4.78 is 23.9. The second-order valence-electron chi connectivity index (χ2n) is 5.05. The molecule has 1 N–H and O–H groups in total. The van der Waals surface area contributed by atoms with Crippen LogP contribution in [0.5, 0.6) is 0 Å². The van der Waals surface area contributed by atoms with Crippen LogP contribution < -0.4 is 5.32 Å². The lowest BCUT2D eigenvalue weighted by atomic mass is 10.0. The Morgan fingerprint density at radius 1 is 1.44 bits per heavy atom. The van der Waals surface area contributed by atoms with Gasteiger partial charge < -0.3 is 5.32 Å². The Balaban J connectivity index is 1.94. The monoisotopic (exact) mass is 269 g/mol. The molecule has 0 unspecified atom stereocenters. The van der Waals surface area contributed by atoms with Gasteiger partial charge in [-0.1, -0.05) is 13.8 Å². The van der Waals surface area contributed by atoms with Crippen LogP contribution in [0.15, 0.2) is 18.3 Å². The van der Waals surface area contributed by atoms with E-state index in [-0.39, 0.29) is 6.04 Å². The fourth-order valence-corrected chi connectivity index (χ4v) is 2.80. The van der Waals surface area contributed by atoms with Crippen LogP contribution >= 0.6 is 0 Å². The zero-order valence-corrected chi connectivity index (χ0v) is 11.7. The molecule has 1 aliphatic heterocycles. The molecule has 1 aromatic heterocycles. The maximum Gasteiger partial charge on any atom is 0.211 e. The van der Waals surface area contributed by atoms with Gasteiger partial charge in [0.1, 0.15) is 5.82 Å². The predicted molar refractivity (Wildman–Crippen MR) is 72.2 cm³/mol. The van der Waals surface area contributed by atoms with E-state index < -0.39 is 10.0 Å². The lowest BCUT2D eigenvalue weighted by molar-refractivity contribution is 0.282. The third-order valence-corrected chi connectivity index (χ3v) is 4.36. The van der Waals surface area contributed by atoms with Crippen molar-refractivity contribution in [1.82, 2.24) is 9.29 Å². The molecule has 0 amide bonds. The van der Waals surface area contributed by atoms with Crippen LogP contribution in [0, 0.1) is 0 Å². The number of aromatic nitrogens is 1. The minimum Gasteiger partial charge on any atom is -0.365 e. The first-order chi connectivity index (χ1) is 8.36. The van der Waals surface area contributed by atoms with Crippen LogP contribution in [0.2, 0.25) is 0 Å². The quantitative estimate of drug-likeness (QED) is 0.894. The average Bonchev–Trinajstić information content (AvgIpc) is 2.21. The van der Waals surface area contributed by atoms with Gasteiger partial charge in [-0.25, -0.2) is 13.4 Å². The summed E-state index contributed by atoms with van der Waals surface area (Å²) >= 11 is 0. The van der Waals surface area contributed by atoms with Crippen molar-refractivity contribution in [2.24, 2.45) is 0 Å². The van der Waals surface area contributed by atoms with Crippen molar-refractivity contribution in [3.63, 3.8) is 0 Å². The molecule has 0 atom stereocenters. The van der Waals surface area contributed by atoms with E-state index in [2.05, 4.69) is 24.1 Å². The summed E-state index contributed by atoms with van der Waals surface area (Å²) in [6, 6.07) is 4.18. The number of nitrogens with one attached hydrogen (secondary N) is 1. The minimum atomic E-state index is -3.04. The molecule has 0 saturated carbocycles. The van der Waals surface area contributed by atoms with E-state index in [1.807, 2.05) is 12.1 Å². The Morgan fingerprint density at radius 3 is 2.67 bits per heavy atom. The third-order valence-electron chi connectivity index (χ3n) is 3.12. The zero-order chi connectivity index (χ0) is 13.3. The summed E-state index contributed by atoms with van der Waals surface area (Å²) in [5.41, 5.74) is 1.23. The first-order valence-corrected chi connectivity index (χ1v) is 7.88. The van der Waals surface area contributed by atoms with Crippen molar-refractivity contribution in [1.29, 1.82) is 0 Å². The normalized spacial score (nSPS) is 17.8. The lowest BCUT2D eigenvalue weighted by Gasteiger charge is -2.37. The summed E-state index contributed by atoms with van der Waals surface area (Å²) in [5.74, 6) is 1.28. The number of sulfonamides is 1. The molecule has 6 heteroatoms. The van der Waals surface area contributed by atoms with Crippen molar-refractivity contribution < 1.29 is 8.42 Å². The number of hydrogen-bond acceptors (Lipinski definition) is 4. The van der Waals surface area contributed by atoms with Crippen molar-refractivity contribution >= 4 is 15.8 Å². The second kappa shape index (κ2) is 4.85. The number of nitrogens with zero attached hydrogens (tertiary/aromatic N) is 2. The van der Waals surface area contributed by atoms with E-state index in [1.165, 1.54) is 16.1 Å². The van der Waals surface area contributed by atoms with Gasteiger partial charge in [0.25, 0.3) is 0 Å². The summed E-state index contributed by atoms with van der Waals surface area (Å²) in [6.07, 6.45) is 3.02. The van der Waals surface area contributed by atoms with Crippen molar-refractivity contribution in [2.45, 2.75) is 25.8 Å². The molecule has 18 heavy (non-hydrogen) atoms. The average molecular weight is 269 g/mol. The third kappa shape index (κ3) is 3.00. The Hall–Kier alpha value is -1.14. The Morgan fingerprint density at radius 2 is 2.11 bits per heavy atom. The van der Waals surface area contributed by atoms with E-state index >= 15 is 0 Å². The van der Waals surface area contributed by atoms with Crippen molar-refractivity contribution in [3.05, 3.63) is 23.9 Å². The van der Waals surface area contributed by atoms with Gasteiger partial charge in [-0.3, -0.25) is 0 Å². The molecule has 0 radical (unpaired) electrons. The van der Waals surface area contributed by atoms with Gasteiger partial charge in [-0.05, 0) is 23.6 Å². The smallest absolute Gasteiger partial charge is 0.211 e. The molecule has 0 aliphatic carbocycles. The lowest BCUT2D eigenvalue weighted by Crippen LogP contribution is -2.56. The molecule has 0 bridgehead atoms. The molecule has 1 saturated heterocycles. The van der Waals surface area contributed by atoms with Crippen LogP contribution in [-0.4, -0.2) is 43.1 Å². The molecule has 1 fully saturated rings. The number of hydrogen-bond donors (Lipinski definition) is 1. The van der Waals surface area contributed by atoms with Gasteiger partial charge in [0, 0.05) is 19.3 Å². The van der Waals surface area contributed by atoms with E-state index in [1.54, 1.807) is 6.20 Å². The molecule has 100 valence electrons. The topological polar surface area (TPSA) is 62.3 Å². The van der Waals surface area contributed by atoms with Gasteiger partial charge in [0.05, 0.1) is 12.3 Å². The van der Waals surface area contributed by atoms with Gasteiger partial charge in [0.2, 0.25) is 10.0 Å². The van der Waals surface area contributed by atoms with Gasteiger partial charge in [-0.2, -0.15) is 4.31 Å². The standard InChI is InChI=1S/C12H19N3O2S/c1-9(2)10-4-5-13-12(6-10)14-11-7-15(8-11)18(3,16)17/h4-6,9,11H,7-8H2,1-3H3,(H,13,14). The van der Waals surface area contributed by atoms with Crippen molar-refractivity contribution in [2.75, 3.05) is 24.7 Å². The van der Waals surface area contributed by atoms with Gasteiger partial charge in [0.15, 0.2) is 0 Å². The highest BCUT2D eigenvalue weighted by atomic mass is 32.2. The molecule has 1 aromatic rings. The van der Waals surface area contributed by atoms with E-state index in [0.29, 0.717) is 19.0 Å². The van der Waals surface area contributed by atoms with Crippen molar-refractivity contribution in [3.8, 4) is 0 Å². The Labute approximate surface area is 108 Å². The van der Waals surface area contributed by atoms with Crippen LogP contribution in [-0.2, 0) is 10.0 Å². The summed E-state index contributed by atoms with van der Waals surface area (Å²) in [4.78, 5) is 4.25. The highest BCUT2D eigenvalue weighted by molar-refractivity contribution is 7.88. The van der Waals surface area contributed by atoms with Gasteiger partial charge >= 0.3 is 0 Å². The molecule has 0 aromatic carbocycles. The Bertz CT molecular complexity index is 522. The van der Waals surface area contributed by atoms with E-state index in [9.17, 15) is 8.42 Å². The van der Waals surface area contributed by atoms with E-state index in [4.69, 9.17) is 0 Å². The number of pyridine rings is 1. The largest absolute Gasteiger partial charge is 0.365 e. The predicted octanol–water partition coefficient (Wildman–Crippen LogP) is 1.26. The second-order valence-corrected chi connectivity index (χ2v) is 7.03. The Kier molecular flexibility index (Phi) is 3.59. The molecule has 2 rings (SSSR count). The van der Waals surface area contributed by atoms with Crippen LogP contribution in [0.4, 0.5) is 5.82 Å². The molecular weight excluding hydrogens is 250 g/mol.